The molecule has 7 nitrogen and oxygen atoms in total. The number of rotatable bonds is 8. The fourth-order valence-electron chi connectivity index (χ4n) is 3.34. The Morgan fingerprint density at radius 1 is 1.09 bits per heavy atom. The maximum absolute atomic E-state index is 12.9. The van der Waals surface area contributed by atoms with Crippen molar-refractivity contribution in [1.82, 2.24) is 20.3 Å². The fourth-order valence-corrected chi connectivity index (χ4v) is 5.30. The lowest BCUT2D eigenvalue weighted by Gasteiger charge is -2.05. The second-order valence-electron chi connectivity index (χ2n) is 7.33. The molecule has 166 valence electrons. The van der Waals surface area contributed by atoms with Crippen LogP contribution in [0.5, 0.6) is 5.88 Å². The molecule has 4 aromatic rings. The van der Waals surface area contributed by atoms with Crippen LogP contribution in [0.2, 0.25) is 0 Å². The van der Waals surface area contributed by atoms with Crippen molar-refractivity contribution in [2.75, 3.05) is 20.8 Å². The molecule has 3 aromatic heterocycles. The number of carbonyl (C=O) groups is 1. The number of aryl methyl sites for hydroxylation is 2. The van der Waals surface area contributed by atoms with Crippen LogP contribution in [0.15, 0.2) is 29.6 Å². The summed E-state index contributed by atoms with van der Waals surface area (Å²) < 4.78 is 10.6. The number of methoxy groups -OCH3 is 2. The monoisotopic (exact) mass is 468 g/mol. The minimum Gasteiger partial charge on any atom is -0.480 e. The van der Waals surface area contributed by atoms with E-state index >= 15 is 0 Å². The van der Waals surface area contributed by atoms with Gasteiger partial charge in [0.15, 0.2) is 5.82 Å². The lowest BCUT2D eigenvalue weighted by atomic mass is 10.2. The zero-order valence-corrected chi connectivity index (χ0v) is 20.0. The molecule has 0 unspecified atom stereocenters. The molecule has 32 heavy (non-hydrogen) atoms. The summed E-state index contributed by atoms with van der Waals surface area (Å²) in [6.45, 7) is 4.74. The van der Waals surface area contributed by atoms with Crippen molar-refractivity contribution in [2.45, 2.75) is 26.9 Å². The summed E-state index contributed by atoms with van der Waals surface area (Å²) in [4.78, 5) is 27.8. The van der Waals surface area contributed by atoms with Crippen LogP contribution >= 0.6 is 22.7 Å². The van der Waals surface area contributed by atoms with Gasteiger partial charge in [-0.1, -0.05) is 29.8 Å². The Balaban J connectivity index is 1.44. The summed E-state index contributed by atoms with van der Waals surface area (Å²) in [6.07, 6.45) is 0.666. The van der Waals surface area contributed by atoms with Gasteiger partial charge in [0.25, 0.3) is 5.91 Å². The smallest absolute Gasteiger partial charge is 0.261 e. The Labute approximate surface area is 194 Å². The molecule has 0 fully saturated rings. The van der Waals surface area contributed by atoms with Crippen molar-refractivity contribution in [3.05, 3.63) is 57.2 Å². The van der Waals surface area contributed by atoms with Crippen molar-refractivity contribution < 1.29 is 14.3 Å². The van der Waals surface area contributed by atoms with E-state index in [1.165, 1.54) is 16.9 Å². The van der Waals surface area contributed by atoms with Gasteiger partial charge in [0.2, 0.25) is 5.88 Å². The molecule has 0 aliphatic carbocycles. The van der Waals surface area contributed by atoms with Gasteiger partial charge in [0.05, 0.1) is 23.1 Å². The van der Waals surface area contributed by atoms with Crippen molar-refractivity contribution in [2.24, 2.45) is 0 Å². The molecular formula is C23H24N4O3S2. The van der Waals surface area contributed by atoms with Gasteiger partial charge in [-0.25, -0.2) is 9.97 Å². The standard InChI is InChI=1S/C23H24N4O3S2/c1-13-5-7-15(8-6-13)22-25-16(12-31-22)9-10-24-20(28)19-14(2)18-21(30-4)26-17(11-29-3)27-23(18)32-19/h5-8,12H,9-11H2,1-4H3,(H,24,28). The summed E-state index contributed by atoms with van der Waals surface area (Å²) in [6, 6.07) is 8.33. The molecule has 1 aromatic carbocycles. The molecule has 0 aliphatic heterocycles. The SMILES string of the molecule is COCc1nc(OC)c2c(C)c(C(=O)NCCc3csc(-c4ccc(C)cc4)n3)sc2n1. The zero-order valence-electron chi connectivity index (χ0n) is 18.4. The Morgan fingerprint density at radius 2 is 1.88 bits per heavy atom. The molecule has 0 spiro atoms. The van der Waals surface area contributed by atoms with Gasteiger partial charge in [-0.05, 0) is 19.4 Å². The molecule has 4 rings (SSSR count). The summed E-state index contributed by atoms with van der Waals surface area (Å²) in [7, 11) is 3.15. The molecule has 1 amide bonds. The summed E-state index contributed by atoms with van der Waals surface area (Å²) in [5, 5.41) is 6.81. The van der Waals surface area contributed by atoms with Crippen LogP contribution < -0.4 is 10.1 Å². The molecule has 0 saturated carbocycles. The second-order valence-corrected chi connectivity index (χ2v) is 9.19. The highest BCUT2D eigenvalue weighted by atomic mass is 32.1. The van der Waals surface area contributed by atoms with Crippen LogP contribution in [-0.2, 0) is 17.8 Å². The van der Waals surface area contributed by atoms with Crippen molar-refractivity contribution in [3.8, 4) is 16.5 Å². The molecule has 3 heterocycles. The number of fused-ring (bicyclic) bond motifs is 1. The third-order valence-corrected chi connectivity index (χ3v) is 7.12. The van der Waals surface area contributed by atoms with E-state index in [9.17, 15) is 4.79 Å². The van der Waals surface area contributed by atoms with E-state index in [0.29, 0.717) is 34.4 Å². The summed E-state index contributed by atoms with van der Waals surface area (Å²) >= 11 is 2.96. The highest BCUT2D eigenvalue weighted by Crippen LogP contribution is 2.35. The normalized spacial score (nSPS) is 11.1. The number of carbonyl (C=O) groups excluding carboxylic acids is 1. The minimum absolute atomic E-state index is 0.130. The minimum atomic E-state index is -0.130. The van der Waals surface area contributed by atoms with E-state index in [2.05, 4.69) is 46.5 Å². The highest BCUT2D eigenvalue weighted by Gasteiger charge is 2.21. The van der Waals surface area contributed by atoms with E-state index < -0.39 is 0 Å². The third-order valence-electron chi connectivity index (χ3n) is 4.99. The number of nitrogens with one attached hydrogen (secondary N) is 1. The van der Waals surface area contributed by atoms with E-state index in [-0.39, 0.29) is 12.5 Å². The maximum Gasteiger partial charge on any atom is 0.261 e. The van der Waals surface area contributed by atoms with Gasteiger partial charge in [-0.15, -0.1) is 22.7 Å². The van der Waals surface area contributed by atoms with E-state index in [4.69, 9.17) is 14.5 Å². The van der Waals surface area contributed by atoms with Crippen molar-refractivity contribution in [3.63, 3.8) is 0 Å². The van der Waals surface area contributed by atoms with E-state index in [1.807, 2.05) is 12.3 Å². The second kappa shape index (κ2) is 9.72. The van der Waals surface area contributed by atoms with E-state index in [0.717, 1.165) is 27.2 Å². The number of benzene rings is 1. The third kappa shape index (κ3) is 4.64. The van der Waals surface area contributed by atoms with Crippen LogP contribution in [0.3, 0.4) is 0 Å². The Kier molecular flexibility index (Phi) is 6.78. The van der Waals surface area contributed by atoms with Crippen LogP contribution in [-0.4, -0.2) is 41.6 Å². The predicted octanol–water partition coefficient (Wildman–Crippen LogP) is 4.56. The molecule has 0 saturated heterocycles. The Morgan fingerprint density at radius 3 is 2.59 bits per heavy atom. The van der Waals surface area contributed by atoms with Gasteiger partial charge >= 0.3 is 0 Å². The highest BCUT2D eigenvalue weighted by molar-refractivity contribution is 7.20. The first kappa shape index (κ1) is 22.3. The van der Waals surface area contributed by atoms with Gasteiger partial charge < -0.3 is 14.8 Å². The van der Waals surface area contributed by atoms with Gasteiger partial charge in [-0.2, -0.15) is 4.98 Å². The molecule has 9 heteroatoms. The first-order valence-corrected chi connectivity index (χ1v) is 11.8. The molecule has 0 bridgehead atoms. The lowest BCUT2D eigenvalue weighted by molar-refractivity contribution is 0.0957. The summed E-state index contributed by atoms with van der Waals surface area (Å²) in [5.74, 6) is 0.855. The van der Waals surface area contributed by atoms with Crippen molar-refractivity contribution in [1.29, 1.82) is 0 Å². The quantitative estimate of drug-likeness (QED) is 0.408. The number of thiophene rings is 1. The number of aromatic nitrogens is 3. The Hall–Kier alpha value is -2.88. The van der Waals surface area contributed by atoms with E-state index in [1.54, 1.807) is 25.6 Å². The van der Waals surface area contributed by atoms with Gasteiger partial charge in [0, 0.05) is 31.0 Å². The van der Waals surface area contributed by atoms with Gasteiger partial charge in [0.1, 0.15) is 16.4 Å². The predicted molar refractivity (Wildman–Crippen MR) is 128 cm³/mol. The topological polar surface area (TPSA) is 86.2 Å². The first-order valence-electron chi connectivity index (χ1n) is 10.1. The number of ether oxygens (including phenoxy) is 2. The largest absolute Gasteiger partial charge is 0.480 e. The number of amides is 1. The Bertz CT molecular complexity index is 1250. The first-order chi connectivity index (χ1) is 15.5. The number of hydrogen-bond donors (Lipinski definition) is 1. The van der Waals surface area contributed by atoms with Crippen LogP contribution in [0.25, 0.3) is 20.8 Å². The zero-order chi connectivity index (χ0) is 22.7. The van der Waals surface area contributed by atoms with Crippen LogP contribution in [0.1, 0.15) is 32.3 Å². The van der Waals surface area contributed by atoms with Gasteiger partial charge in [-0.3, -0.25) is 4.79 Å². The van der Waals surface area contributed by atoms with Crippen LogP contribution in [0.4, 0.5) is 0 Å². The lowest BCUT2D eigenvalue weighted by Crippen LogP contribution is -2.25. The number of hydrogen-bond acceptors (Lipinski definition) is 8. The molecule has 0 atom stereocenters. The molecule has 1 N–H and O–H groups in total. The summed E-state index contributed by atoms with van der Waals surface area (Å²) in [5.41, 5.74) is 4.12. The fraction of sp³-hybridized carbons (Fsp3) is 0.304. The molecule has 0 aliphatic rings. The van der Waals surface area contributed by atoms with Crippen molar-refractivity contribution >= 4 is 38.8 Å². The van der Waals surface area contributed by atoms with Crippen LogP contribution in [0, 0.1) is 13.8 Å². The average Bonchev–Trinajstić information content (AvgIpc) is 3.39. The number of nitrogens with zero attached hydrogens (tertiary/aromatic N) is 3. The molecular weight excluding hydrogens is 444 g/mol. The average molecular weight is 469 g/mol. The maximum atomic E-state index is 12.9. The molecule has 0 radical (unpaired) electrons. The number of thiazole rings is 1.